The van der Waals surface area contributed by atoms with Crippen LogP contribution < -0.4 is 10.1 Å². The summed E-state index contributed by atoms with van der Waals surface area (Å²) in [6.45, 7) is 4.01. The van der Waals surface area contributed by atoms with Crippen LogP contribution >= 0.6 is 0 Å². The van der Waals surface area contributed by atoms with E-state index in [0.29, 0.717) is 5.82 Å². The second-order valence-electron chi connectivity index (χ2n) is 4.71. The lowest BCUT2D eigenvalue weighted by Crippen LogP contribution is -2.12. The number of hydrogen-bond donors (Lipinski definition) is 1. The van der Waals surface area contributed by atoms with E-state index in [2.05, 4.69) is 15.5 Å². The largest absolute Gasteiger partial charge is 0.483 e. The molecule has 0 radical (unpaired) electrons. The third-order valence-electron chi connectivity index (χ3n) is 3.43. The van der Waals surface area contributed by atoms with E-state index >= 15 is 0 Å². The summed E-state index contributed by atoms with van der Waals surface area (Å²) in [6.07, 6.45) is 0. The molecule has 1 N–H and O–H groups in total. The van der Waals surface area contributed by atoms with Gasteiger partial charge >= 0.3 is 0 Å². The first kappa shape index (κ1) is 14.5. The molecule has 0 aliphatic carbocycles. The molecule has 2 aromatic rings. The van der Waals surface area contributed by atoms with Gasteiger partial charge in [-0.3, -0.25) is 0 Å². The zero-order valence-corrected chi connectivity index (χ0v) is 12.1. The van der Waals surface area contributed by atoms with Crippen molar-refractivity contribution >= 4 is 0 Å². The van der Waals surface area contributed by atoms with Gasteiger partial charge in [0.25, 0.3) is 0 Å². The SMILES string of the molecule is CNC(C)c1ccc(OCc2nnc(C)n2C)c(F)c1. The third-order valence-corrected chi connectivity index (χ3v) is 3.43. The summed E-state index contributed by atoms with van der Waals surface area (Å²) in [5, 5.41) is 11.0. The third kappa shape index (κ3) is 2.96. The Morgan fingerprint density at radius 2 is 2.15 bits per heavy atom. The van der Waals surface area contributed by atoms with Gasteiger partial charge in [0.2, 0.25) is 0 Å². The predicted molar refractivity (Wildman–Crippen MR) is 73.9 cm³/mol. The molecule has 108 valence electrons. The average molecular weight is 278 g/mol. The highest BCUT2D eigenvalue weighted by molar-refractivity contribution is 5.30. The molecule has 1 heterocycles. The van der Waals surface area contributed by atoms with E-state index in [9.17, 15) is 4.39 Å². The molecule has 1 aromatic heterocycles. The molecule has 0 fully saturated rings. The number of halogens is 1. The van der Waals surface area contributed by atoms with Gasteiger partial charge in [-0.05, 0) is 38.6 Å². The summed E-state index contributed by atoms with van der Waals surface area (Å²) in [7, 11) is 3.69. The topological polar surface area (TPSA) is 52.0 Å². The van der Waals surface area contributed by atoms with Crippen molar-refractivity contribution in [3.63, 3.8) is 0 Å². The van der Waals surface area contributed by atoms with E-state index in [0.717, 1.165) is 11.4 Å². The number of hydrogen-bond acceptors (Lipinski definition) is 4. The van der Waals surface area contributed by atoms with E-state index < -0.39 is 0 Å². The van der Waals surface area contributed by atoms with E-state index in [4.69, 9.17) is 4.74 Å². The Labute approximate surface area is 117 Å². The maximum atomic E-state index is 14.0. The van der Waals surface area contributed by atoms with E-state index in [1.54, 1.807) is 6.07 Å². The van der Waals surface area contributed by atoms with E-state index in [-0.39, 0.29) is 24.2 Å². The summed E-state index contributed by atoms with van der Waals surface area (Å²) < 4.78 is 21.2. The molecule has 0 spiro atoms. The fourth-order valence-corrected chi connectivity index (χ4v) is 1.79. The number of benzene rings is 1. The Balaban J connectivity index is 2.08. The van der Waals surface area contributed by atoms with Crippen LogP contribution in [0.1, 0.15) is 30.2 Å². The molecule has 5 nitrogen and oxygen atoms in total. The number of nitrogens with one attached hydrogen (secondary N) is 1. The number of rotatable bonds is 5. The number of nitrogens with zero attached hydrogens (tertiary/aromatic N) is 3. The average Bonchev–Trinajstić information content (AvgIpc) is 2.76. The lowest BCUT2D eigenvalue weighted by atomic mass is 10.1. The standard InChI is InChI=1S/C14H19FN4O/c1-9(16-3)11-5-6-13(12(15)7-11)20-8-14-18-17-10(2)19(14)4/h5-7,9,16H,8H2,1-4H3. The maximum absolute atomic E-state index is 14.0. The fraction of sp³-hybridized carbons (Fsp3) is 0.429. The first-order valence-corrected chi connectivity index (χ1v) is 6.47. The van der Waals surface area contributed by atoms with Gasteiger partial charge in [0.05, 0.1) is 0 Å². The molecule has 2 rings (SSSR count). The minimum atomic E-state index is -0.372. The van der Waals surface area contributed by atoms with E-state index in [1.165, 1.54) is 6.07 Å². The summed E-state index contributed by atoms with van der Waals surface area (Å²) in [6, 6.07) is 5.07. The molecule has 0 amide bonds. The summed E-state index contributed by atoms with van der Waals surface area (Å²) in [4.78, 5) is 0. The minimum Gasteiger partial charge on any atom is -0.483 e. The molecule has 1 aromatic carbocycles. The molecule has 0 bridgehead atoms. The Kier molecular flexibility index (Phi) is 4.34. The molecular formula is C14H19FN4O. The lowest BCUT2D eigenvalue weighted by molar-refractivity contribution is 0.276. The highest BCUT2D eigenvalue weighted by Crippen LogP contribution is 2.22. The second kappa shape index (κ2) is 6.00. The van der Waals surface area contributed by atoms with Crippen LogP contribution in [0.4, 0.5) is 4.39 Å². The van der Waals surface area contributed by atoms with Crippen molar-refractivity contribution < 1.29 is 9.13 Å². The van der Waals surface area contributed by atoms with Crippen molar-refractivity contribution in [1.82, 2.24) is 20.1 Å². The Morgan fingerprint density at radius 1 is 1.40 bits per heavy atom. The van der Waals surface area contributed by atoms with Gasteiger partial charge in [-0.15, -0.1) is 10.2 Å². The van der Waals surface area contributed by atoms with Gasteiger partial charge in [-0.25, -0.2) is 4.39 Å². The summed E-state index contributed by atoms with van der Waals surface area (Å²) >= 11 is 0. The minimum absolute atomic E-state index is 0.0972. The van der Waals surface area contributed by atoms with Gasteiger partial charge in [0, 0.05) is 13.1 Å². The van der Waals surface area contributed by atoms with Crippen LogP contribution in [0.3, 0.4) is 0 Å². The van der Waals surface area contributed by atoms with Crippen LogP contribution in [0.25, 0.3) is 0 Å². The van der Waals surface area contributed by atoms with Gasteiger partial charge in [-0.1, -0.05) is 6.07 Å². The van der Waals surface area contributed by atoms with Crippen LogP contribution in [0.5, 0.6) is 5.75 Å². The van der Waals surface area contributed by atoms with Crippen molar-refractivity contribution in [3.8, 4) is 5.75 Å². The van der Waals surface area contributed by atoms with Crippen molar-refractivity contribution in [2.24, 2.45) is 7.05 Å². The first-order valence-electron chi connectivity index (χ1n) is 6.47. The Bertz CT molecular complexity index is 597. The van der Waals surface area contributed by atoms with Crippen LogP contribution in [0, 0.1) is 12.7 Å². The lowest BCUT2D eigenvalue weighted by Gasteiger charge is -2.12. The smallest absolute Gasteiger partial charge is 0.170 e. The van der Waals surface area contributed by atoms with Crippen LogP contribution in [0.15, 0.2) is 18.2 Å². The van der Waals surface area contributed by atoms with Gasteiger partial charge in [-0.2, -0.15) is 0 Å². The quantitative estimate of drug-likeness (QED) is 0.910. The van der Waals surface area contributed by atoms with Crippen molar-refractivity contribution in [3.05, 3.63) is 41.2 Å². The predicted octanol–water partition coefficient (Wildman–Crippen LogP) is 2.12. The van der Waals surface area contributed by atoms with Crippen molar-refractivity contribution in [2.45, 2.75) is 26.5 Å². The monoisotopic (exact) mass is 278 g/mol. The Hall–Kier alpha value is -1.95. The molecular weight excluding hydrogens is 259 g/mol. The van der Waals surface area contributed by atoms with Gasteiger partial charge < -0.3 is 14.6 Å². The van der Waals surface area contributed by atoms with Crippen LogP contribution in [-0.2, 0) is 13.7 Å². The zero-order valence-electron chi connectivity index (χ0n) is 12.1. The molecule has 1 atom stereocenters. The first-order chi connectivity index (χ1) is 9.52. The molecule has 0 saturated heterocycles. The number of ether oxygens (including phenoxy) is 1. The summed E-state index contributed by atoms with van der Waals surface area (Å²) in [5.74, 6) is 1.30. The number of aryl methyl sites for hydroxylation is 1. The van der Waals surface area contributed by atoms with Crippen molar-refractivity contribution in [2.75, 3.05) is 7.05 Å². The van der Waals surface area contributed by atoms with Crippen molar-refractivity contribution in [1.29, 1.82) is 0 Å². The second-order valence-corrected chi connectivity index (χ2v) is 4.71. The molecule has 0 aliphatic heterocycles. The molecule has 1 unspecified atom stereocenters. The fourth-order valence-electron chi connectivity index (χ4n) is 1.79. The number of aromatic nitrogens is 3. The van der Waals surface area contributed by atoms with Gasteiger partial charge in [0.1, 0.15) is 12.4 Å². The molecule has 20 heavy (non-hydrogen) atoms. The zero-order chi connectivity index (χ0) is 14.7. The molecule has 0 aliphatic rings. The van der Waals surface area contributed by atoms with Crippen LogP contribution in [0.2, 0.25) is 0 Å². The van der Waals surface area contributed by atoms with Crippen LogP contribution in [-0.4, -0.2) is 21.8 Å². The summed E-state index contributed by atoms with van der Waals surface area (Å²) in [5.41, 5.74) is 0.881. The normalized spacial score (nSPS) is 12.4. The maximum Gasteiger partial charge on any atom is 0.170 e. The molecule has 6 heteroatoms. The highest BCUT2D eigenvalue weighted by Gasteiger charge is 2.11. The molecule has 0 saturated carbocycles. The highest BCUT2D eigenvalue weighted by atomic mass is 19.1. The Morgan fingerprint density at radius 3 is 2.70 bits per heavy atom. The van der Waals surface area contributed by atoms with E-state index in [1.807, 2.05) is 38.6 Å². The van der Waals surface area contributed by atoms with Gasteiger partial charge in [0.15, 0.2) is 17.4 Å².